The average molecular weight is 519 g/mol. The summed E-state index contributed by atoms with van der Waals surface area (Å²) in [5, 5.41) is 9.12. The fourth-order valence-corrected chi connectivity index (χ4v) is 6.31. The predicted octanol–water partition coefficient (Wildman–Crippen LogP) is 3.52. The summed E-state index contributed by atoms with van der Waals surface area (Å²) in [4.78, 5) is 15.8. The van der Waals surface area contributed by atoms with Gasteiger partial charge < -0.3 is 4.90 Å². The van der Waals surface area contributed by atoms with E-state index in [-0.39, 0.29) is 23.9 Å². The van der Waals surface area contributed by atoms with Gasteiger partial charge in [-0.05, 0) is 32.9 Å². The molecule has 1 aliphatic heterocycles. The molecule has 0 atom stereocenters. The first kappa shape index (κ1) is 24.9. The minimum Gasteiger partial charge on any atom is -0.336 e. The third kappa shape index (κ3) is 4.58. The SMILES string of the molecule is CCn1cc(S(=O)(=O)N2CCN(C(=O)c3c(-c4ccccc4)nn(-c4ccccc4)c3C)CC2)c(C)n1. The zero-order chi connectivity index (χ0) is 26.2. The van der Waals surface area contributed by atoms with Gasteiger partial charge in [-0.1, -0.05) is 48.5 Å². The van der Waals surface area contributed by atoms with Gasteiger partial charge >= 0.3 is 0 Å². The van der Waals surface area contributed by atoms with Crippen LogP contribution in [0.4, 0.5) is 0 Å². The first-order chi connectivity index (χ1) is 17.8. The summed E-state index contributed by atoms with van der Waals surface area (Å²) in [6, 6.07) is 19.4. The molecule has 2 aromatic heterocycles. The van der Waals surface area contributed by atoms with Crippen LogP contribution in [-0.2, 0) is 16.6 Å². The Morgan fingerprint density at radius 3 is 2.11 bits per heavy atom. The van der Waals surface area contributed by atoms with Gasteiger partial charge in [-0.3, -0.25) is 9.48 Å². The highest BCUT2D eigenvalue weighted by molar-refractivity contribution is 7.89. The Morgan fingerprint density at radius 1 is 0.892 bits per heavy atom. The van der Waals surface area contributed by atoms with Crippen LogP contribution in [0.3, 0.4) is 0 Å². The quantitative estimate of drug-likeness (QED) is 0.389. The normalized spacial score (nSPS) is 14.7. The van der Waals surface area contributed by atoms with E-state index in [0.29, 0.717) is 36.6 Å². The molecule has 0 N–H and O–H groups in total. The van der Waals surface area contributed by atoms with Crippen LogP contribution in [0.25, 0.3) is 16.9 Å². The molecule has 10 heteroatoms. The van der Waals surface area contributed by atoms with Gasteiger partial charge in [-0.2, -0.15) is 14.5 Å². The maximum absolute atomic E-state index is 13.9. The fourth-order valence-electron chi connectivity index (χ4n) is 4.72. The molecule has 0 saturated carbocycles. The number of hydrogen-bond acceptors (Lipinski definition) is 5. The Labute approximate surface area is 217 Å². The molecule has 0 radical (unpaired) electrons. The number of rotatable bonds is 6. The van der Waals surface area contributed by atoms with E-state index < -0.39 is 10.0 Å². The summed E-state index contributed by atoms with van der Waals surface area (Å²) in [7, 11) is -3.69. The highest BCUT2D eigenvalue weighted by atomic mass is 32.2. The van der Waals surface area contributed by atoms with Gasteiger partial charge in [-0.15, -0.1) is 0 Å². The maximum Gasteiger partial charge on any atom is 0.258 e. The number of hydrogen-bond donors (Lipinski definition) is 0. The number of sulfonamides is 1. The van der Waals surface area contributed by atoms with Gasteiger partial charge in [0.25, 0.3) is 5.91 Å². The van der Waals surface area contributed by atoms with Crippen molar-refractivity contribution in [1.29, 1.82) is 0 Å². The van der Waals surface area contributed by atoms with Gasteiger partial charge in [-0.25, -0.2) is 13.1 Å². The maximum atomic E-state index is 13.9. The number of carbonyl (C=O) groups excluding carboxylic acids is 1. The topological polar surface area (TPSA) is 93.3 Å². The second-order valence-corrected chi connectivity index (χ2v) is 11.0. The molecule has 37 heavy (non-hydrogen) atoms. The third-order valence-electron chi connectivity index (χ3n) is 6.75. The first-order valence-corrected chi connectivity index (χ1v) is 13.8. The van der Waals surface area contributed by atoms with Crippen molar-refractivity contribution in [2.45, 2.75) is 32.2 Å². The van der Waals surface area contributed by atoms with Crippen LogP contribution in [0.1, 0.15) is 28.7 Å². The van der Waals surface area contributed by atoms with Crippen LogP contribution >= 0.6 is 0 Å². The molecule has 3 heterocycles. The van der Waals surface area contributed by atoms with Crippen molar-refractivity contribution in [3.63, 3.8) is 0 Å². The summed E-state index contributed by atoms with van der Waals surface area (Å²) in [6.07, 6.45) is 1.58. The van der Waals surface area contributed by atoms with Crippen molar-refractivity contribution in [2.75, 3.05) is 26.2 Å². The van der Waals surface area contributed by atoms with Crippen molar-refractivity contribution >= 4 is 15.9 Å². The van der Waals surface area contributed by atoms with Crippen molar-refractivity contribution in [3.05, 3.63) is 83.8 Å². The molecule has 0 aliphatic carbocycles. The van der Waals surface area contributed by atoms with Crippen molar-refractivity contribution < 1.29 is 13.2 Å². The van der Waals surface area contributed by atoms with Crippen LogP contribution in [0.2, 0.25) is 0 Å². The van der Waals surface area contributed by atoms with Gasteiger partial charge in [0.15, 0.2) is 0 Å². The van der Waals surface area contributed by atoms with E-state index in [0.717, 1.165) is 16.9 Å². The summed E-state index contributed by atoms with van der Waals surface area (Å²) in [5.74, 6) is -0.148. The number of aromatic nitrogens is 4. The Bertz CT molecular complexity index is 1520. The number of amides is 1. The first-order valence-electron chi connectivity index (χ1n) is 12.3. The van der Waals surface area contributed by atoms with Crippen LogP contribution in [0.5, 0.6) is 0 Å². The molecular formula is C27H30N6O3S. The van der Waals surface area contributed by atoms with Gasteiger partial charge in [0.1, 0.15) is 10.6 Å². The smallest absolute Gasteiger partial charge is 0.258 e. The van der Waals surface area contributed by atoms with E-state index in [1.165, 1.54) is 4.31 Å². The highest BCUT2D eigenvalue weighted by Crippen LogP contribution is 2.29. The summed E-state index contributed by atoms with van der Waals surface area (Å²) >= 11 is 0. The van der Waals surface area contributed by atoms with E-state index in [1.54, 1.807) is 27.4 Å². The van der Waals surface area contributed by atoms with Crippen molar-refractivity contribution in [3.8, 4) is 16.9 Å². The van der Waals surface area contributed by atoms with E-state index in [4.69, 9.17) is 5.10 Å². The molecule has 2 aromatic carbocycles. The molecule has 0 bridgehead atoms. The van der Waals surface area contributed by atoms with Crippen LogP contribution in [0.15, 0.2) is 71.8 Å². The van der Waals surface area contributed by atoms with E-state index in [2.05, 4.69) is 5.10 Å². The molecule has 5 rings (SSSR count). The molecule has 4 aromatic rings. The molecule has 1 saturated heterocycles. The number of nitrogens with zero attached hydrogens (tertiary/aromatic N) is 6. The number of para-hydroxylation sites is 1. The van der Waals surface area contributed by atoms with E-state index in [9.17, 15) is 13.2 Å². The third-order valence-corrected chi connectivity index (χ3v) is 8.75. The lowest BCUT2D eigenvalue weighted by molar-refractivity contribution is 0.0698. The van der Waals surface area contributed by atoms with Gasteiger partial charge in [0, 0.05) is 44.5 Å². The lowest BCUT2D eigenvalue weighted by atomic mass is 10.0. The molecule has 1 fully saturated rings. The number of benzene rings is 2. The summed E-state index contributed by atoms with van der Waals surface area (Å²) in [5.41, 5.74) is 4.10. The van der Waals surface area contributed by atoms with Crippen LogP contribution in [-0.4, -0.2) is 69.3 Å². The second kappa shape index (κ2) is 9.95. The average Bonchev–Trinajstić information content (AvgIpc) is 3.49. The Hall–Kier alpha value is -3.76. The molecule has 1 aliphatic rings. The Morgan fingerprint density at radius 2 is 1.51 bits per heavy atom. The van der Waals surface area contributed by atoms with Crippen LogP contribution < -0.4 is 0 Å². The van der Waals surface area contributed by atoms with E-state index in [1.807, 2.05) is 74.5 Å². The van der Waals surface area contributed by atoms with Crippen molar-refractivity contribution in [2.24, 2.45) is 0 Å². The van der Waals surface area contributed by atoms with Gasteiger partial charge in [0.05, 0.1) is 22.6 Å². The largest absolute Gasteiger partial charge is 0.336 e. The van der Waals surface area contributed by atoms with Crippen molar-refractivity contribution in [1.82, 2.24) is 28.8 Å². The molecule has 192 valence electrons. The monoisotopic (exact) mass is 518 g/mol. The number of piperazine rings is 1. The molecule has 0 spiro atoms. The number of aryl methyl sites for hydroxylation is 2. The molecule has 0 unspecified atom stereocenters. The minimum atomic E-state index is -3.69. The highest BCUT2D eigenvalue weighted by Gasteiger charge is 2.34. The predicted molar refractivity (Wildman–Crippen MR) is 141 cm³/mol. The Balaban J connectivity index is 1.43. The molecule has 1 amide bonds. The fraction of sp³-hybridized carbons (Fsp3) is 0.296. The lowest BCUT2D eigenvalue weighted by Crippen LogP contribution is -2.50. The molecular weight excluding hydrogens is 488 g/mol. The summed E-state index contributed by atoms with van der Waals surface area (Å²) < 4.78 is 31.5. The van der Waals surface area contributed by atoms with Gasteiger partial charge in [0.2, 0.25) is 10.0 Å². The molecule has 9 nitrogen and oxygen atoms in total. The van der Waals surface area contributed by atoms with Crippen LogP contribution in [0, 0.1) is 13.8 Å². The lowest BCUT2D eigenvalue weighted by Gasteiger charge is -2.34. The zero-order valence-corrected chi connectivity index (χ0v) is 22.0. The standard InChI is InChI=1S/C27H30N6O3S/c1-4-31-19-24(20(2)28-31)37(35,36)32-17-15-30(16-18-32)27(34)25-21(3)33(23-13-9-6-10-14-23)29-26(25)22-11-7-5-8-12-22/h5-14,19H,4,15-18H2,1-3H3. The second-order valence-electron chi connectivity index (χ2n) is 9.05. The summed E-state index contributed by atoms with van der Waals surface area (Å²) in [6.45, 7) is 7.14. The zero-order valence-electron chi connectivity index (χ0n) is 21.2. The van der Waals surface area contributed by atoms with E-state index >= 15 is 0 Å². The number of carbonyl (C=O) groups is 1. The minimum absolute atomic E-state index is 0.148. The Kier molecular flexibility index (Phi) is 6.70.